The molecule has 2 N–H and O–H groups in total. The molecule has 1 aromatic carbocycles. The van der Waals surface area contributed by atoms with Gasteiger partial charge in [0.25, 0.3) is 5.88 Å². The Labute approximate surface area is 92.4 Å². The van der Waals surface area contributed by atoms with Crippen molar-refractivity contribution in [2.75, 3.05) is 5.73 Å². The first kappa shape index (κ1) is 10.5. The zero-order valence-corrected chi connectivity index (χ0v) is 9.07. The monoisotopic (exact) mass is 221 g/mol. The number of nitrogens with zero attached hydrogens (tertiary/aromatic N) is 2. The molecule has 0 amide bonds. The maximum atomic E-state index is 13.6. The van der Waals surface area contributed by atoms with Crippen LogP contribution in [0.15, 0.2) is 24.4 Å². The van der Waals surface area contributed by atoms with Crippen LogP contribution in [0, 0.1) is 12.7 Å². The van der Waals surface area contributed by atoms with Gasteiger partial charge in [0.2, 0.25) is 0 Å². The molecule has 0 radical (unpaired) electrons. The molecule has 0 aliphatic carbocycles. The first-order valence-corrected chi connectivity index (χ1v) is 4.80. The summed E-state index contributed by atoms with van der Waals surface area (Å²) in [6.07, 6.45) is 1.60. The van der Waals surface area contributed by atoms with Gasteiger partial charge >= 0.3 is 0 Å². The first-order chi connectivity index (χ1) is 7.58. The predicted molar refractivity (Wildman–Crippen MR) is 58.8 cm³/mol. The highest BCUT2D eigenvalue weighted by Crippen LogP contribution is 2.28. The molecule has 5 heteroatoms. The Morgan fingerprint density at radius 3 is 2.81 bits per heavy atom. The van der Waals surface area contributed by atoms with Gasteiger partial charge in [-0.15, -0.1) is 5.10 Å². The number of hydrogen-bond donors (Lipinski definition) is 1. The van der Waals surface area contributed by atoms with Crippen molar-refractivity contribution in [1.29, 1.82) is 0 Å². The number of rotatable bonds is 2. The van der Waals surface area contributed by atoms with Gasteiger partial charge < -0.3 is 10.5 Å². The van der Waals surface area contributed by atoms with Crippen molar-refractivity contribution < 1.29 is 9.13 Å². The topological polar surface area (TPSA) is 53.1 Å². The summed E-state index contributed by atoms with van der Waals surface area (Å²) in [5.74, 6) is -0.0510. The summed E-state index contributed by atoms with van der Waals surface area (Å²) < 4.78 is 20.4. The van der Waals surface area contributed by atoms with E-state index in [2.05, 4.69) is 5.10 Å². The number of nitrogens with two attached hydrogens (primary N) is 1. The second kappa shape index (κ2) is 3.84. The molecule has 0 saturated carbocycles. The van der Waals surface area contributed by atoms with Crippen molar-refractivity contribution in [3.8, 4) is 11.6 Å². The van der Waals surface area contributed by atoms with E-state index in [4.69, 9.17) is 10.5 Å². The van der Waals surface area contributed by atoms with Crippen LogP contribution in [-0.4, -0.2) is 9.78 Å². The number of benzene rings is 1. The number of aryl methyl sites for hydroxylation is 2. The normalized spacial score (nSPS) is 10.4. The molecule has 2 rings (SSSR count). The first-order valence-electron chi connectivity index (χ1n) is 4.80. The largest absolute Gasteiger partial charge is 0.433 e. The van der Waals surface area contributed by atoms with Crippen molar-refractivity contribution >= 4 is 5.69 Å². The summed E-state index contributed by atoms with van der Waals surface area (Å²) in [5.41, 5.74) is 6.55. The number of nitrogen functional groups attached to an aromatic ring is 1. The zero-order valence-electron chi connectivity index (χ0n) is 9.07. The van der Waals surface area contributed by atoms with Crippen LogP contribution in [0.2, 0.25) is 0 Å². The van der Waals surface area contributed by atoms with Crippen LogP contribution >= 0.6 is 0 Å². The highest BCUT2D eigenvalue weighted by Gasteiger charge is 2.11. The molecule has 0 fully saturated rings. The van der Waals surface area contributed by atoms with Crippen LogP contribution in [0.3, 0.4) is 0 Å². The quantitative estimate of drug-likeness (QED) is 0.846. The third kappa shape index (κ3) is 1.84. The molecular weight excluding hydrogens is 209 g/mol. The van der Waals surface area contributed by atoms with Crippen LogP contribution in [-0.2, 0) is 7.05 Å². The Kier molecular flexibility index (Phi) is 2.52. The lowest BCUT2D eigenvalue weighted by Crippen LogP contribution is -1.94. The summed E-state index contributed by atoms with van der Waals surface area (Å²) in [4.78, 5) is 0. The van der Waals surface area contributed by atoms with E-state index in [1.165, 1.54) is 10.7 Å². The average Bonchev–Trinajstić information content (AvgIpc) is 2.53. The van der Waals surface area contributed by atoms with Gasteiger partial charge in [-0.2, -0.15) is 0 Å². The van der Waals surface area contributed by atoms with Gasteiger partial charge in [0.05, 0.1) is 6.20 Å². The van der Waals surface area contributed by atoms with Crippen molar-refractivity contribution in [3.05, 3.63) is 35.8 Å². The highest BCUT2D eigenvalue weighted by atomic mass is 19.1. The summed E-state index contributed by atoms with van der Waals surface area (Å²) in [6.45, 7) is 1.67. The number of hydrogen-bond acceptors (Lipinski definition) is 3. The minimum Gasteiger partial charge on any atom is -0.433 e. The molecule has 4 nitrogen and oxygen atoms in total. The third-order valence-electron chi connectivity index (χ3n) is 2.18. The molecule has 0 atom stereocenters. The second-order valence-electron chi connectivity index (χ2n) is 3.55. The SMILES string of the molecule is Cc1cccc(Oc2nn(C)cc2N)c1F. The van der Waals surface area contributed by atoms with Crippen molar-refractivity contribution in [3.63, 3.8) is 0 Å². The van der Waals surface area contributed by atoms with E-state index in [-0.39, 0.29) is 11.6 Å². The van der Waals surface area contributed by atoms with Gasteiger partial charge in [-0.3, -0.25) is 4.68 Å². The fourth-order valence-corrected chi connectivity index (χ4v) is 1.37. The molecule has 1 heterocycles. The van der Waals surface area contributed by atoms with E-state index in [9.17, 15) is 4.39 Å². The average molecular weight is 221 g/mol. The van der Waals surface area contributed by atoms with E-state index in [0.717, 1.165) is 0 Å². The van der Waals surface area contributed by atoms with Crippen molar-refractivity contribution in [1.82, 2.24) is 9.78 Å². The Morgan fingerprint density at radius 1 is 1.44 bits per heavy atom. The van der Waals surface area contributed by atoms with Gasteiger partial charge in [0.15, 0.2) is 11.6 Å². The molecular formula is C11H12FN3O. The van der Waals surface area contributed by atoms with Gasteiger partial charge in [-0.1, -0.05) is 12.1 Å². The van der Waals surface area contributed by atoms with E-state index in [1.807, 2.05) is 0 Å². The van der Waals surface area contributed by atoms with E-state index >= 15 is 0 Å². The molecule has 0 bridgehead atoms. The lowest BCUT2D eigenvalue weighted by Gasteiger charge is -2.05. The van der Waals surface area contributed by atoms with E-state index < -0.39 is 5.82 Å². The molecule has 0 aliphatic heterocycles. The Bertz CT molecular complexity index is 522. The van der Waals surface area contributed by atoms with Gasteiger partial charge in [-0.25, -0.2) is 4.39 Å². The fraction of sp³-hybridized carbons (Fsp3) is 0.182. The molecule has 2 aromatic rings. The minimum absolute atomic E-state index is 0.130. The van der Waals surface area contributed by atoms with Crippen molar-refractivity contribution in [2.24, 2.45) is 7.05 Å². The zero-order chi connectivity index (χ0) is 11.7. The summed E-state index contributed by atoms with van der Waals surface area (Å²) in [6, 6.07) is 4.92. The summed E-state index contributed by atoms with van der Waals surface area (Å²) >= 11 is 0. The summed E-state index contributed by atoms with van der Waals surface area (Å²) in [7, 11) is 1.72. The maximum Gasteiger partial charge on any atom is 0.261 e. The number of halogens is 1. The maximum absolute atomic E-state index is 13.6. The molecule has 0 saturated heterocycles. The smallest absolute Gasteiger partial charge is 0.261 e. The molecule has 16 heavy (non-hydrogen) atoms. The highest BCUT2D eigenvalue weighted by molar-refractivity contribution is 5.48. The van der Waals surface area contributed by atoms with Gasteiger partial charge in [-0.05, 0) is 18.6 Å². The second-order valence-corrected chi connectivity index (χ2v) is 3.55. The number of ether oxygens (including phenoxy) is 1. The number of anilines is 1. The number of aromatic nitrogens is 2. The standard InChI is InChI=1S/C11H12FN3O/c1-7-4-3-5-9(10(7)12)16-11-8(13)6-15(2)14-11/h3-6H,13H2,1-2H3. The molecule has 0 aliphatic rings. The summed E-state index contributed by atoms with van der Waals surface area (Å²) in [5, 5.41) is 3.98. The van der Waals surface area contributed by atoms with Gasteiger partial charge in [0.1, 0.15) is 5.69 Å². The van der Waals surface area contributed by atoms with Gasteiger partial charge in [0, 0.05) is 7.05 Å². The predicted octanol–water partition coefficient (Wildman–Crippen LogP) is 2.24. The minimum atomic E-state index is -0.396. The van der Waals surface area contributed by atoms with E-state index in [0.29, 0.717) is 11.3 Å². The lowest BCUT2D eigenvalue weighted by molar-refractivity contribution is 0.421. The van der Waals surface area contributed by atoms with Crippen LogP contribution in [0.4, 0.5) is 10.1 Å². The molecule has 1 aromatic heterocycles. The molecule has 0 unspecified atom stereocenters. The molecule has 84 valence electrons. The van der Waals surface area contributed by atoms with Crippen LogP contribution in [0.25, 0.3) is 0 Å². The fourth-order valence-electron chi connectivity index (χ4n) is 1.37. The Morgan fingerprint density at radius 2 is 2.19 bits per heavy atom. The van der Waals surface area contributed by atoms with Crippen LogP contribution < -0.4 is 10.5 Å². The Balaban J connectivity index is 2.34. The molecule has 0 spiro atoms. The Hall–Kier alpha value is -2.04. The third-order valence-corrected chi connectivity index (χ3v) is 2.18. The lowest BCUT2D eigenvalue weighted by atomic mass is 10.2. The van der Waals surface area contributed by atoms with Crippen molar-refractivity contribution in [2.45, 2.75) is 6.92 Å². The van der Waals surface area contributed by atoms with Crippen LogP contribution in [0.5, 0.6) is 11.6 Å². The van der Waals surface area contributed by atoms with Crippen LogP contribution in [0.1, 0.15) is 5.56 Å². The van der Waals surface area contributed by atoms with E-state index in [1.54, 1.807) is 32.3 Å².